The van der Waals surface area contributed by atoms with Gasteiger partial charge in [0.05, 0.1) is 12.7 Å². The predicted molar refractivity (Wildman–Crippen MR) is 81.5 cm³/mol. The predicted octanol–water partition coefficient (Wildman–Crippen LogP) is 4.39. The lowest BCUT2D eigenvalue weighted by Crippen LogP contribution is -2.11. The van der Waals surface area contributed by atoms with Gasteiger partial charge >= 0.3 is 0 Å². The van der Waals surface area contributed by atoms with E-state index >= 15 is 0 Å². The molecule has 1 aromatic rings. The quantitative estimate of drug-likeness (QED) is 0.448. The van der Waals surface area contributed by atoms with Crippen LogP contribution in [0.3, 0.4) is 0 Å². The highest BCUT2D eigenvalue weighted by Gasteiger charge is 2.13. The minimum absolute atomic E-state index is 0.0330. The summed E-state index contributed by atoms with van der Waals surface area (Å²) >= 11 is 0. The van der Waals surface area contributed by atoms with Crippen LogP contribution in [0.15, 0.2) is 18.2 Å². The molecule has 0 N–H and O–H groups in total. The van der Waals surface area contributed by atoms with Crippen molar-refractivity contribution in [2.45, 2.75) is 45.4 Å². The average molecular weight is 296 g/mol. The third-order valence-corrected chi connectivity index (χ3v) is 3.34. The summed E-state index contributed by atoms with van der Waals surface area (Å²) in [6.45, 7) is 2.72. The summed E-state index contributed by atoms with van der Waals surface area (Å²) in [5.74, 6) is -0.322. The number of ether oxygens (including phenoxy) is 2. The second-order valence-corrected chi connectivity index (χ2v) is 5.09. The molecule has 0 aliphatic heterocycles. The van der Waals surface area contributed by atoms with E-state index in [4.69, 9.17) is 9.47 Å². The van der Waals surface area contributed by atoms with Crippen LogP contribution in [0.2, 0.25) is 0 Å². The van der Waals surface area contributed by atoms with Crippen molar-refractivity contribution >= 4 is 5.78 Å². The molecule has 0 amide bonds. The molecule has 4 heteroatoms. The van der Waals surface area contributed by atoms with Gasteiger partial charge in [0.1, 0.15) is 18.2 Å². The molecule has 118 valence electrons. The number of hydrogen-bond donors (Lipinski definition) is 0. The third kappa shape index (κ3) is 6.71. The molecule has 0 saturated carbocycles. The van der Waals surface area contributed by atoms with Gasteiger partial charge in [0, 0.05) is 6.61 Å². The summed E-state index contributed by atoms with van der Waals surface area (Å²) in [6.07, 6.45) is 7.06. The number of unbranched alkanes of at least 4 members (excludes halogenated alkanes) is 5. The number of ketones is 1. The molecule has 0 radical (unpaired) electrons. The number of Topliss-reactive ketones (excluding diaryl/α,β-unsaturated/α-hetero) is 1. The molecule has 21 heavy (non-hydrogen) atoms. The Labute approximate surface area is 126 Å². The molecule has 3 nitrogen and oxygen atoms in total. The minimum Gasteiger partial charge on any atom is -0.496 e. The fourth-order valence-electron chi connectivity index (χ4n) is 2.13. The van der Waals surface area contributed by atoms with Crippen molar-refractivity contribution in [3.8, 4) is 5.75 Å². The lowest BCUT2D eigenvalue weighted by atomic mass is 10.1. The van der Waals surface area contributed by atoms with Gasteiger partial charge in [0.15, 0.2) is 5.78 Å². The van der Waals surface area contributed by atoms with Crippen molar-refractivity contribution in [1.29, 1.82) is 0 Å². The van der Waals surface area contributed by atoms with E-state index in [1.54, 1.807) is 0 Å². The molecule has 0 saturated heterocycles. The van der Waals surface area contributed by atoms with E-state index in [0.717, 1.165) is 12.8 Å². The summed E-state index contributed by atoms with van der Waals surface area (Å²) < 4.78 is 23.6. The smallest absolute Gasteiger partial charge is 0.192 e. The molecule has 1 rings (SSSR count). The van der Waals surface area contributed by atoms with E-state index in [-0.39, 0.29) is 18.0 Å². The summed E-state index contributed by atoms with van der Waals surface area (Å²) in [6, 6.07) is 3.92. The Morgan fingerprint density at radius 3 is 2.57 bits per heavy atom. The average Bonchev–Trinajstić information content (AvgIpc) is 2.49. The van der Waals surface area contributed by atoms with Gasteiger partial charge in [-0.15, -0.1) is 0 Å². The number of methoxy groups -OCH3 is 1. The van der Waals surface area contributed by atoms with Gasteiger partial charge in [-0.25, -0.2) is 4.39 Å². The molecule has 0 unspecified atom stereocenters. The fourth-order valence-corrected chi connectivity index (χ4v) is 2.13. The molecule has 0 aromatic heterocycles. The van der Waals surface area contributed by atoms with Gasteiger partial charge in [-0.05, 0) is 24.6 Å². The van der Waals surface area contributed by atoms with Gasteiger partial charge in [-0.1, -0.05) is 39.0 Å². The van der Waals surface area contributed by atoms with Crippen LogP contribution in [-0.4, -0.2) is 26.1 Å². The van der Waals surface area contributed by atoms with Gasteiger partial charge in [-0.2, -0.15) is 0 Å². The van der Waals surface area contributed by atoms with Crippen LogP contribution in [0.4, 0.5) is 4.39 Å². The van der Waals surface area contributed by atoms with Crippen molar-refractivity contribution in [2.75, 3.05) is 20.3 Å². The normalized spacial score (nSPS) is 10.6. The first-order valence-electron chi connectivity index (χ1n) is 7.63. The Bertz CT molecular complexity index is 432. The molecule has 0 atom stereocenters. The summed E-state index contributed by atoms with van der Waals surface area (Å²) in [5, 5.41) is 0. The topological polar surface area (TPSA) is 35.5 Å². The second kappa shape index (κ2) is 10.3. The van der Waals surface area contributed by atoms with Gasteiger partial charge in [0.25, 0.3) is 0 Å². The molecule has 0 bridgehead atoms. The number of halogens is 1. The summed E-state index contributed by atoms with van der Waals surface area (Å²) in [7, 11) is 1.46. The lowest BCUT2D eigenvalue weighted by Gasteiger charge is -2.08. The van der Waals surface area contributed by atoms with E-state index in [2.05, 4.69) is 6.92 Å². The molecule has 0 spiro atoms. The summed E-state index contributed by atoms with van der Waals surface area (Å²) in [5.41, 5.74) is 0.237. The number of hydrogen-bond acceptors (Lipinski definition) is 3. The SMILES string of the molecule is CCCCCCCCOCC(=O)c1cc(F)ccc1OC. The highest BCUT2D eigenvalue weighted by molar-refractivity contribution is 5.99. The largest absolute Gasteiger partial charge is 0.496 e. The van der Waals surface area contributed by atoms with Crippen LogP contribution in [0, 0.1) is 5.82 Å². The number of rotatable bonds is 11. The van der Waals surface area contributed by atoms with Crippen LogP contribution in [0.25, 0.3) is 0 Å². The Morgan fingerprint density at radius 2 is 1.86 bits per heavy atom. The molecular weight excluding hydrogens is 271 g/mol. The van der Waals surface area contributed by atoms with Crippen LogP contribution < -0.4 is 4.74 Å². The van der Waals surface area contributed by atoms with E-state index in [1.807, 2.05) is 0 Å². The molecule has 0 heterocycles. The first kappa shape index (κ1) is 17.6. The zero-order valence-electron chi connectivity index (χ0n) is 13.0. The second-order valence-electron chi connectivity index (χ2n) is 5.09. The lowest BCUT2D eigenvalue weighted by molar-refractivity contribution is 0.0749. The standard InChI is InChI=1S/C17H25FO3/c1-3-4-5-6-7-8-11-21-13-16(19)15-12-14(18)9-10-17(15)20-2/h9-10,12H,3-8,11,13H2,1-2H3. The molecule has 0 fully saturated rings. The minimum atomic E-state index is -0.449. The van der Waals surface area contributed by atoms with Crippen molar-refractivity contribution in [3.63, 3.8) is 0 Å². The molecule has 1 aromatic carbocycles. The maximum Gasteiger partial charge on any atom is 0.192 e. The van der Waals surface area contributed by atoms with E-state index in [9.17, 15) is 9.18 Å². The monoisotopic (exact) mass is 296 g/mol. The van der Waals surface area contributed by atoms with E-state index < -0.39 is 5.82 Å². The van der Waals surface area contributed by atoms with Crippen molar-refractivity contribution < 1.29 is 18.7 Å². The summed E-state index contributed by atoms with van der Waals surface area (Å²) in [4.78, 5) is 12.0. The molecular formula is C17H25FO3. The number of carbonyl (C=O) groups is 1. The van der Waals surface area contributed by atoms with Crippen LogP contribution in [0.5, 0.6) is 5.75 Å². The van der Waals surface area contributed by atoms with Crippen LogP contribution in [0.1, 0.15) is 55.8 Å². The van der Waals surface area contributed by atoms with Crippen LogP contribution in [-0.2, 0) is 4.74 Å². The van der Waals surface area contributed by atoms with Crippen molar-refractivity contribution in [2.24, 2.45) is 0 Å². The first-order chi connectivity index (χ1) is 10.2. The zero-order valence-corrected chi connectivity index (χ0v) is 13.0. The van der Waals surface area contributed by atoms with E-state index in [0.29, 0.717) is 12.4 Å². The Kier molecular flexibility index (Phi) is 8.67. The number of benzene rings is 1. The van der Waals surface area contributed by atoms with Gasteiger partial charge in [-0.3, -0.25) is 4.79 Å². The van der Waals surface area contributed by atoms with Gasteiger partial charge in [0.2, 0.25) is 0 Å². The first-order valence-corrected chi connectivity index (χ1v) is 7.63. The number of carbonyl (C=O) groups excluding carboxylic acids is 1. The van der Waals surface area contributed by atoms with E-state index in [1.165, 1.54) is 51.0 Å². The highest BCUT2D eigenvalue weighted by Crippen LogP contribution is 2.19. The zero-order chi connectivity index (χ0) is 15.5. The Morgan fingerprint density at radius 1 is 1.14 bits per heavy atom. The maximum absolute atomic E-state index is 13.2. The Hall–Kier alpha value is -1.42. The van der Waals surface area contributed by atoms with Crippen LogP contribution >= 0.6 is 0 Å². The third-order valence-electron chi connectivity index (χ3n) is 3.34. The fraction of sp³-hybridized carbons (Fsp3) is 0.588. The maximum atomic E-state index is 13.2. The highest BCUT2D eigenvalue weighted by atomic mass is 19.1. The van der Waals surface area contributed by atoms with Gasteiger partial charge < -0.3 is 9.47 Å². The van der Waals surface area contributed by atoms with Crippen molar-refractivity contribution in [3.05, 3.63) is 29.6 Å². The van der Waals surface area contributed by atoms with Crippen molar-refractivity contribution in [1.82, 2.24) is 0 Å². The molecule has 0 aliphatic carbocycles. The molecule has 0 aliphatic rings. The Balaban J connectivity index is 2.26.